The van der Waals surface area contributed by atoms with E-state index in [1.807, 2.05) is 12.1 Å². The molecule has 1 aromatic rings. The molecule has 1 N–H and O–H groups in total. The number of methoxy groups -OCH3 is 2. The Balaban J connectivity index is 1.26. The number of esters is 1. The molecule has 2 fully saturated rings. The molecular formula is C24H31N3O7. The molecule has 1 aliphatic carbocycles. The summed E-state index contributed by atoms with van der Waals surface area (Å²) in [6, 6.07) is 3.31. The van der Waals surface area contributed by atoms with Crippen LogP contribution in [0.3, 0.4) is 0 Å². The van der Waals surface area contributed by atoms with Crippen molar-refractivity contribution in [1.82, 2.24) is 15.1 Å². The van der Waals surface area contributed by atoms with Gasteiger partial charge >= 0.3 is 12.0 Å². The van der Waals surface area contributed by atoms with Gasteiger partial charge in [-0.25, -0.2) is 4.79 Å². The smallest absolute Gasteiger partial charge is 0.325 e. The Morgan fingerprint density at radius 3 is 2.38 bits per heavy atom. The van der Waals surface area contributed by atoms with Gasteiger partial charge in [-0.1, -0.05) is 19.3 Å². The number of nitrogens with one attached hydrogen (secondary N) is 1. The Labute approximate surface area is 198 Å². The largest absolute Gasteiger partial charge is 0.493 e. The van der Waals surface area contributed by atoms with E-state index in [1.165, 1.54) is 0 Å². The predicted molar refractivity (Wildman–Crippen MR) is 120 cm³/mol. The predicted octanol–water partition coefficient (Wildman–Crippen LogP) is 1.78. The van der Waals surface area contributed by atoms with Crippen LogP contribution in [0.1, 0.15) is 49.7 Å². The standard InChI is InChI=1S/C24H31N3O7/c1-32-18-12-16-6-10-26(14-17(16)13-19(18)33-2)20(28)15-34-21(29)7-11-27-22(30)24(25-23(27)31)8-4-3-5-9-24/h12-13H,3-11,14-15H2,1-2H3,(H,25,31). The van der Waals surface area contributed by atoms with Crippen molar-refractivity contribution in [2.24, 2.45) is 0 Å². The number of benzene rings is 1. The van der Waals surface area contributed by atoms with Gasteiger partial charge in [0.1, 0.15) is 5.54 Å². The highest BCUT2D eigenvalue weighted by atomic mass is 16.5. The number of fused-ring (bicyclic) bond motifs is 1. The minimum atomic E-state index is -0.813. The van der Waals surface area contributed by atoms with Crippen molar-refractivity contribution < 1.29 is 33.4 Å². The van der Waals surface area contributed by atoms with Gasteiger partial charge in [-0.15, -0.1) is 0 Å². The summed E-state index contributed by atoms with van der Waals surface area (Å²) in [5, 5.41) is 2.82. The number of hydrogen-bond donors (Lipinski definition) is 1. The second kappa shape index (κ2) is 9.90. The summed E-state index contributed by atoms with van der Waals surface area (Å²) in [7, 11) is 3.14. The molecule has 1 saturated carbocycles. The molecule has 0 radical (unpaired) electrons. The third-order valence-corrected chi connectivity index (χ3v) is 6.92. The van der Waals surface area contributed by atoms with Gasteiger partial charge in [0.2, 0.25) is 0 Å². The summed E-state index contributed by atoms with van der Waals surface area (Å²) in [6.07, 6.45) is 4.60. The van der Waals surface area contributed by atoms with Crippen LogP contribution < -0.4 is 14.8 Å². The van der Waals surface area contributed by atoms with Crippen LogP contribution in [0.25, 0.3) is 0 Å². The van der Waals surface area contributed by atoms with E-state index >= 15 is 0 Å². The molecule has 0 bridgehead atoms. The Kier molecular flexibility index (Phi) is 6.95. The lowest BCUT2D eigenvalue weighted by Crippen LogP contribution is -2.48. The summed E-state index contributed by atoms with van der Waals surface area (Å²) in [5.41, 5.74) is 1.23. The zero-order valence-corrected chi connectivity index (χ0v) is 19.7. The summed E-state index contributed by atoms with van der Waals surface area (Å²) in [4.78, 5) is 52.6. The minimum absolute atomic E-state index is 0.0574. The molecule has 3 aliphatic rings. The molecular weight excluding hydrogens is 442 g/mol. The summed E-state index contributed by atoms with van der Waals surface area (Å²) in [5.74, 6) is 0.0550. The second-order valence-corrected chi connectivity index (χ2v) is 8.98. The molecule has 4 amide bonds. The fourth-order valence-electron chi connectivity index (χ4n) is 4.98. The molecule has 10 nitrogen and oxygen atoms in total. The Hall–Kier alpha value is -3.30. The maximum absolute atomic E-state index is 12.8. The van der Waals surface area contributed by atoms with Crippen molar-refractivity contribution in [2.45, 2.75) is 57.0 Å². The fourth-order valence-corrected chi connectivity index (χ4v) is 4.98. The van der Waals surface area contributed by atoms with E-state index in [4.69, 9.17) is 14.2 Å². The first-order valence-corrected chi connectivity index (χ1v) is 11.7. The first-order valence-electron chi connectivity index (χ1n) is 11.7. The number of urea groups is 1. The zero-order chi connectivity index (χ0) is 24.3. The van der Waals surface area contributed by atoms with Crippen LogP contribution in [0.4, 0.5) is 4.79 Å². The van der Waals surface area contributed by atoms with E-state index < -0.39 is 17.5 Å². The van der Waals surface area contributed by atoms with E-state index in [0.717, 1.165) is 35.3 Å². The Morgan fingerprint density at radius 2 is 1.71 bits per heavy atom. The van der Waals surface area contributed by atoms with E-state index in [1.54, 1.807) is 19.1 Å². The van der Waals surface area contributed by atoms with Gasteiger partial charge < -0.3 is 24.4 Å². The Bertz CT molecular complexity index is 987. The van der Waals surface area contributed by atoms with E-state index in [-0.39, 0.29) is 31.4 Å². The number of hydrogen-bond acceptors (Lipinski definition) is 7. The van der Waals surface area contributed by atoms with Gasteiger partial charge in [0, 0.05) is 19.6 Å². The molecule has 0 aromatic heterocycles. The van der Waals surface area contributed by atoms with Crippen LogP contribution in [-0.2, 0) is 32.1 Å². The summed E-state index contributed by atoms with van der Waals surface area (Å²) < 4.78 is 15.8. The molecule has 2 aliphatic heterocycles. The molecule has 1 saturated heterocycles. The lowest BCUT2D eigenvalue weighted by Gasteiger charge is -2.30. The van der Waals surface area contributed by atoms with Gasteiger partial charge in [0.25, 0.3) is 11.8 Å². The third kappa shape index (κ3) is 4.67. The van der Waals surface area contributed by atoms with Crippen molar-refractivity contribution in [2.75, 3.05) is 33.9 Å². The number of carbonyl (C=O) groups excluding carboxylic acids is 4. The highest BCUT2D eigenvalue weighted by molar-refractivity contribution is 6.07. The highest BCUT2D eigenvalue weighted by Gasteiger charge is 2.51. The third-order valence-electron chi connectivity index (χ3n) is 6.92. The summed E-state index contributed by atoms with van der Waals surface area (Å²) >= 11 is 0. The lowest BCUT2D eigenvalue weighted by atomic mass is 9.82. The first kappa shape index (κ1) is 23.8. The molecule has 2 heterocycles. The van der Waals surface area contributed by atoms with Gasteiger partial charge in [-0.05, 0) is 42.5 Å². The van der Waals surface area contributed by atoms with Crippen LogP contribution in [0.15, 0.2) is 12.1 Å². The minimum Gasteiger partial charge on any atom is -0.493 e. The number of imide groups is 1. The van der Waals surface area contributed by atoms with Gasteiger partial charge in [0.05, 0.1) is 20.6 Å². The Morgan fingerprint density at radius 1 is 1.03 bits per heavy atom. The van der Waals surface area contributed by atoms with E-state index in [2.05, 4.69) is 5.32 Å². The molecule has 0 atom stereocenters. The maximum atomic E-state index is 12.8. The van der Waals surface area contributed by atoms with E-state index in [9.17, 15) is 19.2 Å². The second-order valence-electron chi connectivity index (χ2n) is 8.98. The lowest BCUT2D eigenvalue weighted by molar-refractivity contribution is -0.152. The number of rotatable bonds is 7. The molecule has 34 heavy (non-hydrogen) atoms. The molecule has 184 valence electrons. The van der Waals surface area contributed by atoms with Crippen molar-refractivity contribution >= 4 is 23.8 Å². The van der Waals surface area contributed by atoms with Gasteiger partial charge in [-0.2, -0.15) is 0 Å². The maximum Gasteiger partial charge on any atom is 0.325 e. The van der Waals surface area contributed by atoms with Crippen molar-refractivity contribution in [3.8, 4) is 11.5 Å². The number of carbonyl (C=O) groups is 4. The average molecular weight is 474 g/mol. The topological polar surface area (TPSA) is 114 Å². The van der Waals surface area contributed by atoms with Crippen LogP contribution in [0.5, 0.6) is 11.5 Å². The van der Waals surface area contributed by atoms with Crippen molar-refractivity contribution in [3.05, 3.63) is 23.3 Å². The first-order chi connectivity index (χ1) is 16.4. The monoisotopic (exact) mass is 473 g/mol. The van der Waals surface area contributed by atoms with Crippen LogP contribution in [0, 0.1) is 0 Å². The fraction of sp³-hybridized carbons (Fsp3) is 0.583. The van der Waals surface area contributed by atoms with Crippen LogP contribution in [0.2, 0.25) is 0 Å². The van der Waals surface area contributed by atoms with Crippen molar-refractivity contribution in [1.29, 1.82) is 0 Å². The molecule has 1 spiro atoms. The van der Waals surface area contributed by atoms with E-state index in [0.29, 0.717) is 43.9 Å². The van der Waals surface area contributed by atoms with Gasteiger partial charge in [0.15, 0.2) is 18.1 Å². The average Bonchev–Trinajstić information content (AvgIpc) is 3.08. The summed E-state index contributed by atoms with van der Waals surface area (Å²) in [6.45, 7) is 0.448. The molecule has 10 heteroatoms. The number of amides is 4. The van der Waals surface area contributed by atoms with Crippen molar-refractivity contribution in [3.63, 3.8) is 0 Å². The normalized spacial score (nSPS) is 19.0. The number of ether oxygens (including phenoxy) is 3. The quantitative estimate of drug-likeness (QED) is 0.474. The molecule has 1 aromatic carbocycles. The van der Waals surface area contributed by atoms with Gasteiger partial charge in [-0.3, -0.25) is 19.3 Å². The van der Waals surface area contributed by atoms with Crippen LogP contribution >= 0.6 is 0 Å². The zero-order valence-electron chi connectivity index (χ0n) is 19.7. The molecule has 0 unspecified atom stereocenters. The van der Waals surface area contributed by atoms with Crippen LogP contribution in [-0.4, -0.2) is 73.1 Å². The molecule has 4 rings (SSSR count). The highest BCUT2D eigenvalue weighted by Crippen LogP contribution is 2.34. The SMILES string of the molecule is COc1cc2c(cc1OC)CN(C(=O)COC(=O)CCN1C(=O)NC3(CCCCC3)C1=O)CC2. The number of nitrogens with zero attached hydrogens (tertiary/aromatic N) is 2.